The summed E-state index contributed by atoms with van der Waals surface area (Å²) in [5, 5.41) is 9.54. The third-order valence-electron chi connectivity index (χ3n) is 6.45. The van der Waals surface area contributed by atoms with Gasteiger partial charge in [-0.15, -0.1) is 0 Å². The van der Waals surface area contributed by atoms with Crippen LogP contribution in [-0.4, -0.2) is 47.6 Å². The standard InChI is InChI=1S/C30H35NO6/c1-21-9-6-13-24(17-21)29-31-27(22(2)37-29)19-35-25-14-7-15-26(18-25)36-20-28(30(32)33)34-16-8-12-23-10-4-3-5-11-23/h3-6,8-13,17,25-26,28H,7,14-16,18-20H2,1-2H3,(H,32,33)/b12-8+/t25-,26+,28?/m0/s1. The summed E-state index contributed by atoms with van der Waals surface area (Å²) in [5.74, 6) is 0.327. The second kappa shape index (κ2) is 13.3. The van der Waals surface area contributed by atoms with Crippen molar-refractivity contribution in [3.05, 3.63) is 83.3 Å². The van der Waals surface area contributed by atoms with Crippen molar-refractivity contribution in [3.63, 3.8) is 0 Å². The minimum Gasteiger partial charge on any atom is -0.479 e. The second-order valence-corrected chi connectivity index (χ2v) is 9.42. The van der Waals surface area contributed by atoms with Gasteiger partial charge in [-0.1, -0.05) is 60.2 Å². The number of benzene rings is 2. The van der Waals surface area contributed by atoms with Gasteiger partial charge in [-0.3, -0.25) is 0 Å². The largest absolute Gasteiger partial charge is 0.479 e. The van der Waals surface area contributed by atoms with Gasteiger partial charge in [0.2, 0.25) is 5.89 Å². The summed E-state index contributed by atoms with van der Waals surface area (Å²) >= 11 is 0. The van der Waals surface area contributed by atoms with Crippen LogP contribution in [-0.2, 0) is 25.6 Å². The number of aromatic nitrogens is 1. The number of hydrogen-bond donors (Lipinski definition) is 1. The summed E-state index contributed by atoms with van der Waals surface area (Å²) in [6, 6.07) is 17.9. The van der Waals surface area contributed by atoms with Crippen molar-refractivity contribution in [2.75, 3.05) is 13.2 Å². The molecule has 1 aliphatic carbocycles. The van der Waals surface area contributed by atoms with Crippen LogP contribution in [0.2, 0.25) is 0 Å². The number of rotatable bonds is 12. The van der Waals surface area contributed by atoms with Crippen LogP contribution >= 0.6 is 0 Å². The van der Waals surface area contributed by atoms with Crippen molar-refractivity contribution >= 4 is 12.0 Å². The molecule has 37 heavy (non-hydrogen) atoms. The number of carbonyl (C=O) groups is 1. The van der Waals surface area contributed by atoms with Crippen molar-refractivity contribution in [2.24, 2.45) is 0 Å². The molecule has 1 saturated carbocycles. The topological polar surface area (TPSA) is 91.0 Å². The van der Waals surface area contributed by atoms with Crippen molar-refractivity contribution in [1.29, 1.82) is 0 Å². The predicted octanol–water partition coefficient (Wildman–Crippen LogP) is 5.99. The van der Waals surface area contributed by atoms with Crippen molar-refractivity contribution < 1.29 is 28.5 Å². The van der Waals surface area contributed by atoms with Gasteiger partial charge in [-0.2, -0.15) is 0 Å². The molecule has 0 aliphatic heterocycles. The molecule has 2 aromatic carbocycles. The quantitative estimate of drug-likeness (QED) is 0.323. The summed E-state index contributed by atoms with van der Waals surface area (Å²) in [7, 11) is 0. The summed E-state index contributed by atoms with van der Waals surface area (Å²) < 4.78 is 23.6. The molecule has 0 radical (unpaired) electrons. The second-order valence-electron chi connectivity index (χ2n) is 9.42. The number of nitrogens with zero attached hydrogens (tertiary/aromatic N) is 1. The van der Waals surface area contributed by atoms with Gasteiger partial charge in [-0.05, 0) is 57.2 Å². The highest BCUT2D eigenvalue weighted by Gasteiger charge is 2.26. The lowest BCUT2D eigenvalue weighted by Gasteiger charge is -2.29. The minimum absolute atomic E-state index is 0.00808. The maximum atomic E-state index is 11.6. The molecule has 1 N–H and O–H groups in total. The van der Waals surface area contributed by atoms with E-state index in [4.69, 9.17) is 18.6 Å². The molecule has 7 nitrogen and oxygen atoms in total. The highest BCUT2D eigenvalue weighted by molar-refractivity contribution is 5.72. The van der Waals surface area contributed by atoms with Gasteiger partial charge in [-0.25, -0.2) is 9.78 Å². The van der Waals surface area contributed by atoms with Crippen LogP contribution in [0.15, 0.2) is 65.1 Å². The lowest BCUT2D eigenvalue weighted by atomic mass is 9.95. The maximum Gasteiger partial charge on any atom is 0.335 e. The summed E-state index contributed by atoms with van der Waals surface area (Å²) in [5.41, 5.74) is 3.93. The van der Waals surface area contributed by atoms with Crippen LogP contribution in [0.3, 0.4) is 0 Å². The Morgan fingerprint density at radius 2 is 1.89 bits per heavy atom. The summed E-state index contributed by atoms with van der Waals surface area (Å²) in [6.07, 6.45) is 6.14. The number of oxazole rings is 1. The van der Waals surface area contributed by atoms with Gasteiger partial charge >= 0.3 is 5.97 Å². The zero-order chi connectivity index (χ0) is 26.0. The van der Waals surface area contributed by atoms with Crippen molar-refractivity contribution in [2.45, 2.75) is 64.4 Å². The molecule has 3 atom stereocenters. The third kappa shape index (κ3) is 8.12. The molecule has 1 aromatic heterocycles. The molecule has 1 unspecified atom stereocenters. The van der Waals surface area contributed by atoms with Crippen molar-refractivity contribution in [3.8, 4) is 11.5 Å². The van der Waals surface area contributed by atoms with Gasteiger partial charge in [0.1, 0.15) is 11.5 Å². The Morgan fingerprint density at radius 3 is 2.65 bits per heavy atom. The first-order chi connectivity index (χ1) is 18.0. The average molecular weight is 506 g/mol. The number of ether oxygens (including phenoxy) is 3. The number of carboxylic acids is 1. The number of aliphatic carboxylic acids is 1. The van der Waals surface area contributed by atoms with Gasteiger partial charge < -0.3 is 23.7 Å². The lowest BCUT2D eigenvalue weighted by Crippen LogP contribution is -2.34. The molecule has 196 valence electrons. The Hall–Kier alpha value is -3.26. The van der Waals surface area contributed by atoms with E-state index in [1.807, 2.05) is 80.6 Å². The van der Waals surface area contributed by atoms with Crippen LogP contribution in [0.1, 0.15) is 48.3 Å². The Balaban J connectivity index is 1.23. The fourth-order valence-corrected chi connectivity index (χ4v) is 4.40. The normalized spacial score (nSPS) is 18.8. The highest BCUT2D eigenvalue weighted by atomic mass is 16.6. The molecule has 0 bridgehead atoms. The zero-order valence-electron chi connectivity index (χ0n) is 21.5. The molecule has 1 aliphatic rings. The van der Waals surface area contributed by atoms with Crippen LogP contribution in [0, 0.1) is 13.8 Å². The van der Waals surface area contributed by atoms with Crippen molar-refractivity contribution in [1.82, 2.24) is 4.98 Å². The van der Waals surface area contributed by atoms with E-state index in [9.17, 15) is 9.90 Å². The smallest absolute Gasteiger partial charge is 0.335 e. The van der Waals surface area contributed by atoms with Crippen LogP contribution in [0.25, 0.3) is 17.5 Å². The summed E-state index contributed by atoms with van der Waals surface area (Å²) in [6.45, 7) is 4.52. The Kier molecular flexibility index (Phi) is 9.65. The van der Waals surface area contributed by atoms with Gasteiger partial charge in [0, 0.05) is 5.56 Å². The molecule has 4 rings (SSSR count). The number of hydrogen-bond acceptors (Lipinski definition) is 6. The molecule has 7 heteroatoms. The first-order valence-corrected chi connectivity index (χ1v) is 12.8. The maximum absolute atomic E-state index is 11.6. The van der Waals surface area contributed by atoms with Crippen LogP contribution in [0.5, 0.6) is 0 Å². The minimum atomic E-state index is -1.03. The molecule has 0 amide bonds. The van der Waals surface area contributed by atoms with E-state index in [-0.39, 0.29) is 25.4 Å². The van der Waals surface area contributed by atoms with E-state index in [0.29, 0.717) is 18.9 Å². The van der Waals surface area contributed by atoms with Crippen LogP contribution < -0.4 is 0 Å². The number of carboxylic acid groups (broad SMARTS) is 1. The average Bonchev–Trinajstić information content (AvgIpc) is 3.28. The van der Waals surface area contributed by atoms with E-state index < -0.39 is 12.1 Å². The van der Waals surface area contributed by atoms with Crippen LogP contribution in [0.4, 0.5) is 0 Å². The van der Waals surface area contributed by atoms with E-state index in [2.05, 4.69) is 4.98 Å². The SMILES string of the molecule is Cc1cccc(-c2nc(CO[C@H]3CCC[C@@H](OCC(OC/C=C/c4ccccc4)C(=O)O)C3)c(C)o2)c1. The molecular formula is C30H35NO6. The number of aryl methyl sites for hydroxylation is 2. The molecule has 3 aromatic rings. The Morgan fingerprint density at radius 1 is 1.11 bits per heavy atom. The van der Waals surface area contributed by atoms with E-state index in [1.165, 1.54) is 0 Å². The third-order valence-corrected chi connectivity index (χ3v) is 6.45. The monoisotopic (exact) mass is 505 g/mol. The molecule has 1 heterocycles. The van der Waals surface area contributed by atoms with E-state index in [0.717, 1.165) is 47.4 Å². The molecule has 1 fully saturated rings. The van der Waals surface area contributed by atoms with Gasteiger partial charge in [0.25, 0.3) is 0 Å². The highest BCUT2D eigenvalue weighted by Crippen LogP contribution is 2.27. The lowest BCUT2D eigenvalue weighted by molar-refractivity contribution is -0.156. The predicted molar refractivity (Wildman–Crippen MR) is 141 cm³/mol. The molecule has 0 spiro atoms. The Labute approximate surface area is 218 Å². The fourth-order valence-electron chi connectivity index (χ4n) is 4.40. The van der Waals surface area contributed by atoms with E-state index in [1.54, 1.807) is 0 Å². The van der Waals surface area contributed by atoms with E-state index >= 15 is 0 Å². The zero-order valence-corrected chi connectivity index (χ0v) is 21.5. The molecule has 0 saturated heterocycles. The Bertz CT molecular complexity index is 1170. The van der Waals surface area contributed by atoms with Gasteiger partial charge in [0.15, 0.2) is 6.10 Å². The first-order valence-electron chi connectivity index (χ1n) is 12.8. The van der Waals surface area contributed by atoms with Gasteiger partial charge in [0.05, 0.1) is 32.0 Å². The molecular weight excluding hydrogens is 470 g/mol. The first kappa shape index (κ1) is 26.8. The fraction of sp³-hybridized carbons (Fsp3) is 0.400. The summed E-state index contributed by atoms with van der Waals surface area (Å²) in [4.78, 5) is 16.3.